The number of sulfonamides is 1. The van der Waals surface area contributed by atoms with E-state index in [9.17, 15) is 8.42 Å². The van der Waals surface area contributed by atoms with Crippen LogP contribution in [0.15, 0.2) is 29.2 Å². The quantitative estimate of drug-likeness (QED) is 0.822. The molecule has 1 heterocycles. The van der Waals surface area contributed by atoms with E-state index in [4.69, 9.17) is 0 Å². The third kappa shape index (κ3) is 4.26. The Morgan fingerprint density at radius 1 is 0.880 bits per heavy atom. The molecule has 1 aliphatic heterocycles. The van der Waals surface area contributed by atoms with E-state index in [2.05, 4.69) is 25.7 Å². The molecular weight excluding hydrogens is 332 g/mol. The smallest absolute Gasteiger partial charge is 0.243 e. The number of hydrogen-bond donors (Lipinski definition) is 0. The Bertz CT molecular complexity index is 671. The van der Waals surface area contributed by atoms with Gasteiger partial charge in [0.25, 0.3) is 0 Å². The van der Waals surface area contributed by atoms with Gasteiger partial charge >= 0.3 is 0 Å². The van der Waals surface area contributed by atoms with Crippen LogP contribution in [-0.2, 0) is 15.4 Å². The van der Waals surface area contributed by atoms with Crippen molar-refractivity contribution in [3.05, 3.63) is 29.8 Å². The van der Waals surface area contributed by atoms with E-state index in [0.717, 1.165) is 25.1 Å². The van der Waals surface area contributed by atoms with Crippen molar-refractivity contribution in [3.63, 3.8) is 0 Å². The second kappa shape index (κ2) is 7.37. The van der Waals surface area contributed by atoms with Gasteiger partial charge in [-0.25, -0.2) is 8.42 Å². The highest BCUT2D eigenvalue weighted by Gasteiger charge is 2.30. The van der Waals surface area contributed by atoms with E-state index in [1.165, 1.54) is 25.7 Å². The Kier molecular flexibility index (Phi) is 5.57. The molecule has 4 nitrogen and oxygen atoms in total. The van der Waals surface area contributed by atoms with Crippen LogP contribution in [0.5, 0.6) is 0 Å². The van der Waals surface area contributed by atoms with Crippen molar-refractivity contribution in [2.24, 2.45) is 0 Å². The zero-order valence-electron chi connectivity index (χ0n) is 15.9. The van der Waals surface area contributed by atoms with Crippen LogP contribution in [0.2, 0.25) is 0 Å². The molecule has 25 heavy (non-hydrogen) atoms. The fraction of sp³-hybridized carbons (Fsp3) is 0.700. The minimum absolute atomic E-state index is 0.0344. The lowest BCUT2D eigenvalue weighted by atomic mass is 9.87. The van der Waals surface area contributed by atoms with Crippen molar-refractivity contribution in [2.75, 3.05) is 26.2 Å². The lowest BCUT2D eigenvalue weighted by Crippen LogP contribution is -2.38. The molecule has 2 aliphatic rings. The van der Waals surface area contributed by atoms with Gasteiger partial charge in [-0.1, -0.05) is 45.7 Å². The molecule has 1 aliphatic carbocycles. The Morgan fingerprint density at radius 2 is 1.52 bits per heavy atom. The number of rotatable bonds is 3. The van der Waals surface area contributed by atoms with E-state index in [1.54, 1.807) is 16.4 Å². The lowest BCUT2D eigenvalue weighted by molar-refractivity contribution is 0.209. The third-order valence-corrected chi connectivity index (χ3v) is 7.60. The normalized spacial score (nSPS) is 22.2. The summed E-state index contributed by atoms with van der Waals surface area (Å²) in [6, 6.07) is 8.13. The Morgan fingerprint density at radius 3 is 2.12 bits per heavy atom. The summed E-state index contributed by atoms with van der Waals surface area (Å²) in [7, 11) is -3.39. The van der Waals surface area contributed by atoms with Gasteiger partial charge in [0.15, 0.2) is 0 Å². The summed E-state index contributed by atoms with van der Waals surface area (Å²) >= 11 is 0. The van der Waals surface area contributed by atoms with Crippen LogP contribution < -0.4 is 0 Å². The first-order chi connectivity index (χ1) is 11.8. The molecule has 0 radical (unpaired) electrons. The van der Waals surface area contributed by atoms with Gasteiger partial charge in [0.2, 0.25) is 10.0 Å². The van der Waals surface area contributed by atoms with Gasteiger partial charge in [-0.2, -0.15) is 4.31 Å². The van der Waals surface area contributed by atoms with Crippen LogP contribution in [0.1, 0.15) is 58.4 Å². The molecule has 5 heteroatoms. The number of nitrogens with zero attached hydrogens (tertiary/aromatic N) is 2. The minimum Gasteiger partial charge on any atom is -0.299 e. The Hall–Kier alpha value is -0.910. The summed E-state index contributed by atoms with van der Waals surface area (Å²) in [6.07, 6.45) is 6.13. The van der Waals surface area contributed by atoms with E-state index in [1.807, 2.05) is 12.1 Å². The molecule has 0 aromatic heterocycles. The SMILES string of the molecule is CC(C)(C)c1ccc(S(=O)(=O)N2CCCN(C3CCCC3)CC2)cc1. The lowest BCUT2D eigenvalue weighted by Gasteiger charge is -2.27. The van der Waals surface area contributed by atoms with Crippen molar-refractivity contribution in [2.45, 2.75) is 69.2 Å². The molecule has 1 saturated carbocycles. The summed E-state index contributed by atoms with van der Waals surface area (Å²) < 4.78 is 27.8. The van der Waals surface area contributed by atoms with Crippen molar-refractivity contribution in [1.29, 1.82) is 0 Å². The molecule has 3 rings (SSSR count). The second-order valence-electron chi connectivity index (χ2n) is 8.51. The van der Waals surface area contributed by atoms with Crippen LogP contribution in [0.4, 0.5) is 0 Å². The monoisotopic (exact) mass is 364 g/mol. The fourth-order valence-electron chi connectivity index (χ4n) is 4.06. The highest BCUT2D eigenvalue weighted by molar-refractivity contribution is 7.89. The second-order valence-corrected chi connectivity index (χ2v) is 10.4. The molecule has 1 aromatic carbocycles. The summed E-state index contributed by atoms with van der Waals surface area (Å²) in [5, 5.41) is 0. The molecule has 1 aromatic rings. The first-order valence-electron chi connectivity index (χ1n) is 9.63. The summed E-state index contributed by atoms with van der Waals surface area (Å²) in [4.78, 5) is 2.94. The summed E-state index contributed by atoms with van der Waals surface area (Å²) in [6.45, 7) is 9.56. The van der Waals surface area contributed by atoms with Gasteiger partial charge in [-0.05, 0) is 48.9 Å². The van der Waals surface area contributed by atoms with E-state index < -0.39 is 10.0 Å². The summed E-state index contributed by atoms with van der Waals surface area (Å²) in [5.74, 6) is 0. The molecule has 0 bridgehead atoms. The molecule has 1 saturated heterocycles. The molecule has 2 fully saturated rings. The van der Waals surface area contributed by atoms with Crippen LogP contribution >= 0.6 is 0 Å². The van der Waals surface area contributed by atoms with Gasteiger partial charge in [-0.3, -0.25) is 4.90 Å². The molecular formula is C20H32N2O2S. The van der Waals surface area contributed by atoms with Gasteiger partial charge in [0.05, 0.1) is 4.90 Å². The zero-order valence-corrected chi connectivity index (χ0v) is 16.7. The Balaban J connectivity index is 1.71. The van der Waals surface area contributed by atoms with E-state index in [0.29, 0.717) is 24.0 Å². The van der Waals surface area contributed by atoms with Gasteiger partial charge in [0.1, 0.15) is 0 Å². The number of benzene rings is 1. The van der Waals surface area contributed by atoms with Crippen molar-refractivity contribution >= 4 is 10.0 Å². The highest BCUT2D eigenvalue weighted by atomic mass is 32.2. The molecule has 0 unspecified atom stereocenters. The van der Waals surface area contributed by atoms with Gasteiger partial charge in [-0.15, -0.1) is 0 Å². The first-order valence-corrected chi connectivity index (χ1v) is 11.1. The predicted molar refractivity (Wildman–Crippen MR) is 102 cm³/mol. The molecule has 0 amide bonds. The standard InChI is InChI=1S/C20H32N2O2S/c1-20(2,3)17-9-11-19(12-10-17)25(23,24)22-14-6-13-21(15-16-22)18-7-4-5-8-18/h9-12,18H,4-8,13-16H2,1-3H3. The largest absolute Gasteiger partial charge is 0.299 e. The number of hydrogen-bond acceptors (Lipinski definition) is 3. The average Bonchev–Trinajstić information content (AvgIpc) is 2.98. The predicted octanol–water partition coefficient (Wildman–Crippen LogP) is 3.62. The van der Waals surface area contributed by atoms with Gasteiger partial charge in [0, 0.05) is 25.7 Å². The van der Waals surface area contributed by atoms with Gasteiger partial charge < -0.3 is 0 Å². The Labute approximate surface area is 153 Å². The average molecular weight is 365 g/mol. The van der Waals surface area contributed by atoms with Crippen molar-refractivity contribution < 1.29 is 8.42 Å². The summed E-state index contributed by atoms with van der Waals surface area (Å²) in [5.41, 5.74) is 1.20. The van der Waals surface area contributed by atoms with Crippen molar-refractivity contribution in [1.82, 2.24) is 9.21 Å². The maximum absolute atomic E-state index is 13.0. The van der Waals surface area contributed by atoms with E-state index in [-0.39, 0.29) is 5.41 Å². The highest BCUT2D eigenvalue weighted by Crippen LogP contribution is 2.27. The zero-order chi connectivity index (χ0) is 18.1. The van der Waals surface area contributed by atoms with Crippen LogP contribution in [0.25, 0.3) is 0 Å². The third-order valence-electron chi connectivity index (χ3n) is 5.69. The molecule has 0 atom stereocenters. The topological polar surface area (TPSA) is 40.6 Å². The van der Waals surface area contributed by atoms with Crippen LogP contribution in [0, 0.1) is 0 Å². The fourth-order valence-corrected chi connectivity index (χ4v) is 5.53. The minimum atomic E-state index is -3.39. The van der Waals surface area contributed by atoms with E-state index >= 15 is 0 Å². The van der Waals surface area contributed by atoms with Crippen LogP contribution in [0.3, 0.4) is 0 Å². The molecule has 0 N–H and O–H groups in total. The maximum atomic E-state index is 13.0. The van der Waals surface area contributed by atoms with Crippen LogP contribution in [-0.4, -0.2) is 49.8 Å². The first kappa shape index (κ1) is 18.9. The molecule has 0 spiro atoms. The van der Waals surface area contributed by atoms with Crippen molar-refractivity contribution in [3.8, 4) is 0 Å². The maximum Gasteiger partial charge on any atom is 0.243 e. The molecule has 140 valence electrons.